The van der Waals surface area contributed by atoms with E-state index in [1.54, 1.807) is 36.9 Å². The van der Waals surface area contributed by atoms with E-state index in [1.165, 1.54) is 9.75 Å². The van der Waals surface area contributed by atoms with Crippen LogP contribution in [0.2, 0.25) is 0 Å². The molecule has 2 aromatic heterocycles. The van der Waals surface area contributed by atoms with Crippen LogP contribution in [0.25, 0.3) is 24.3 Å². The maximum absolute atomic E-state index is 5.56. The van der Waals surface area contributed by atoms with Gasteiger partial charge in [-0.3, -0.25) is 0 Å². The highest BCUT2D eigenvalue weighted by Gasteiger charge is 2.08. The van der Waals surface area contributed by atoms with E-state index in [9.17, 15) is 0 Å². The first kappa shape index (κ1) is 16.6. The Balaban J connectivity index is 1.93. The smallest absolute Gasteiger partial charge is 0.126 e. The molecule has 0 atom stereocenters. The SMILES string of the molecule is COc1cc(/C=C/c2cccs2)c(OC)cc1/C=C/c1cccs1. The van der Waals surface area contributed by atoms with Gasteiger partial charge in [0.05, 0.1) is 14.2 Å². The molecule has 0 aliphatic heterocycles. The summed E-state index contributed by atoms with van der Waals surface area (Å²) in [6.07, 6.45) is 8.28. The third-order valence-corrected chi connectivity index (χ3v) is 5.20. The van der Waals surface area contributed by atoms with E-state index < -0.39 is 0 Å². The van der Waals surface area contributed by atoms with E-state index in [2.05, 4.69) is 47.2 Å². The van der Waals surface area contributed by atoms with Crippen LogP contribution < -0.4 is 9.47 Å². The Kier molecular flexibility index (Phi) is 5.51. The third-order valence-electron chi connectivity index (χ3n) is 3.52. The zero-order chi connectivity index (χ0) is 16.8. The molecule has 1 aromatic carbocycles. The number of thiophene rings is 2. The quantitative estimate of drug-likeness (QED) is 0.527. The maximum atomic E-state index is 5.56. The lowest BCUT2D eigenvalue weighted by Crippen LogP contribution is -1.93. The van der Waals surface area contributed by atoms with E-state index in [1.807, 2.05) is 24.3 Å². The first-order chi connectivity index (χ1) is 11.8. The Morgan fingerprint density at radius 1 is 0.708 bits per heavy atom. The van der Waals surface area contributed by atoms with Gasteiger partial charge in [-0.1, -0.05) is 12.1 Å². The number of rotatable bonds is 6. The minimum atomic E-state index is 0.828. The molecular formula is C20H18O2S2. The second kappa shape index (κ2) is 7.99. The Morgan fingerprint density at radius 2 is 1.17 bits per heavy atom. The van der Waals surface area contributed by atoms with E-state index in [4.69, 9.17) is 9.47 Å². The summed E-state index contributed by atoms with van der Waals surface area (Å²) in [5.41, 5.74) is 1.99. The van der Waals surface area contributed by atoms with Crippen molar-refractivity contribution in [3.8, 4) is 11.5 Å². The summed E-state index contributed by atoms with van der Waals surface area (Å²) in [6, 6.07) is 12.3. The van der Waals surface area contributed by atoms with Crippen molar-refractivity contribution in [1.29, 1.82) is 0 Å². The van der Waals surface area contributed by atoms with Gasteiger partial charge in [0.25, 0.3) is 0 Å². The average molecular weight is 354 g/mol. The molecule has 3 aromatic rings. The van der Waals surface area contributed by atoms with Crippen molar-refractivity contribution in [2.45, 2.75) is 0 Å². The standard InChI is InChI=1S/C20H18O2S2/c1-21-19-13-16(8-10-18-6-4-12-24-18)20(22-2)14-15(19)7-9-17-5-3-11-23-17/h3-14H,1-2H3/b9-7+,10-8+. The number of hydrogen-bond donors (Lipinski definition) is 0. The summed E-state index contributed by atoms with van der Waals surface area (Å²) in [4.78, 5) is 2.41. The highest BCUT2D eigenvalue weighted by molar-refractivity contribution is 7.11. The van der Waals surface area contributed by atoms with Crippen molar-refractivity contribution < 1.29 is 9.47 Å². The molecular weight excluding hydrogens is 336 g/mol. The van der Waals surface area contributed by atoms with Gasteiger partial charge in [0.2, 0.25) is 0 Å². The molecule has 3 rings (SSSR count). The van der Waals surface area contributed by atoms with Crippen molar-refractivity contribution in [3.63, 3.8) is 0 Å². The zero-order valence-corrected chi connectivity index (χ0v) is 15.2. The number of hydrogen-bond acceptors (Lipinski definition) is 4. The minimum absolute atomic E-state index is 0.828. The molecule has 0 bridgehead atoms. The first-order valence-corrected chi connectivity index (χ1v) is 9.25. The van der Waals surface area contributed by atoms with Gasteiger partial charge in [-0.25, -0.2) is 0 Å². The van der Waals surface area contributed by atoms with Crippen LogP contribution in [0.15, 0.2) is 47.2 Å². The molecule has 0 spiro atoms. The van der Waals surface area contributed by atoms with Crippen molar-refractivity contribution in [2.24, 2.45) is 0 Å². The molecule has 24 heavy (non-hydrogen) atoms. The van der Waals surface area contributed by atoms with E-state index >= 15 is 0 Å². The molecule has 0 radical (unpaired) electrons. The lowest BCUT2D eigenvalue weighted by atomic mass is 10.1. The first-order valence-electron chi connectivity index (χ1n) is 7.49. The largest absolute Gasteiger partial charge is 0.496 e. The Morgan fingerprint density at radius 3 is 1.50 bits per heavy atom. The van der Waals surface area contributed by atoms with Gasteiger partial charge >= 0.3 is 0 Å². The summed E-state index contributed by atoms with van der Waals surface area (Å²) < 4.78 is 11.1. The van der Waals surface area contributed by atoms with Crippen molar-refractivity contribution in [2.75, 3.05) is 14.2 Å². The summed E-state index contributed by atoms with van der Waals surface area (Å²) in [7, 11) is 3.38. The van der Waals surface area contributed by atoms with E-state index in [0.29, 0.717) is 0 Å². The molecule has 0 aliphatic rings. The molecule has 0 saturated carbocycles. The van der Waals surface area contributed by atoms with Gasteiger partial charge in [0.1, 0.15) is 11.5 Å². The lowest BCUT2D eigenvalue weighted by Gasteiger charge is -2.11. The molecule has 0 saturated heterocycles. The van der Waals surface area contributed by atoms with E-state index in [-0.39, 0.29) is 0 Å². The Labute approximate surface area is 150 Å². The van der Waals surface area contributed by atoms with Crippen LogP contribution in [-0.4, -0.2) is 14.2 Å². The second-order valence-electron chi connectivity index (χ2n) is 5.03. The molecule has 4 heteroatoms. The molecule has 0 aliphatic carbocycles. The Bertz CT molecular complexity index is 757. The predicted molar refractivity (Wildman–Crippen MR) is 106 cm³/mol. The summed E-state index contributed by atoms with van der Waals surface area (Å²) in [6.45, 7) is 0. The van der Waals surface area contributed by atoms with Crippen molar-refractivity contribution in [1.82, 2.24) is 0 Å². The van der Waals surface area contributed by atoms with Crippen LogP contribution in [0.5, 0.6) is 11.5 Å². The van der Waals surface area contributed by atoms with Crippen molar-refractivity contribution >= 4 is 47.0 Å². The molecule has 2 nitrogen and oxygen atoms in total. The van der Waals surface area contributed by atoms with Gasteiger partial charge in [0, 0.05) is 20.9 Å². The molecule has 2 heterocycles. The summed E-state index contributed by atoms with van der Waals surface area (Å²) >= 11 is 3.41. The fourth-order valence-electron chi connectivity index (χ4n) is 2.32. The molecule has 122 valence electrons. The fraction of sp³-hybridized carbons (Fsp3) is 0.100. The molecule has 0 unspecified atom stereocenters. The van der Waals surface area contributed by atoms with Gasteiger partial charge in [-0.2, -0.15) is 0 Å². The second-order valence-corrected chi connectivity index (χ2v) is 6.99. The lowest BCUT2D eigenvalue weighted by molar-refractivity contribution is 0.401. The number of benzene rings is 1. The van der Waals surface area contributed by atoms with Crippen LogP contribution in [-0.2, 0) is 0 Å². The molecule has 0 N–H and O–H groups in total. The van der Waals surface area contributed by atoms with Gasteiger partial charge in [0.15, 0.2) is 0 Å². The van der Waals surface area contributed by atoms with E-state index in [0.717, 1.165) is 22.6 Å². The van der Waals surface area contributed by atoms with Crippen LogP contribution in [0, 0.1) is 0 Å². The van der Waals surface area contributed by atoms with Gasteiger partial charge < -0.3 is 9.47 Å². The summed E-state index contributed by atoms with van der Waals surface area (Å²) in [5.74, 6) is 1.66. The monoisotopic (exact) mass is 354 g/mol. The van der Waals surface area contributed by atoms with Crippen LogP contribution in [0.1, 0.15) is 20.9 Å². The topological polar surface area (TPSA) is 18.5 Å². The zero-order valence-electron chi connectivity index (χ0n) is 13.6. The number of methoxy groups -OCH3 is 2. The minimum Gasteiger partial charge on any atom is -0.496 e. The maximum Gasteiger partial charge on any atom is 0.126 e. The predicted octanol–water partition coefficient (Wildman–Crippen LogP) is 6.17. The van der Waals surface area contributed by atoms with Crippen LogP contribution in [0.3, 0.4) is 0 Å². The fourth-order valence-corrected chi connectivity index (χ4v) is 3.56. The van der Waals surface area contributed by atoms with Crippen molar-refractivity contribution in [3.05, 3.63) is 68.0 Å². The normalized spacial score (nSPS) is 11.4. The Hall–Kier alpha value is -2.30. The third kappa shape index (κ3) is 3.96. The summed E-state index contributed by atoms with van der Waals surface area (Å²) in [5, 5.41) is 4.13. The highest BCUT2D eigenvalue weighted by Crippen LogP contribution is 2.32. The average Bonchev–Trinajstić information content (AvgIpc) is 3.31. The van der Waals surface area contributed by atoms with Gasteiger partial charge in [-0.05, 0) is 59.3 Å². The van der Waals surface area contributed by atoms with Gasteiger partial charge in [-0.15, -0.1) is 22.7 Å². The molecule has 0 fully saturated rings. The highest BCUT2D eigenvalue weighted by atomic mass is 32.1. The van der Waals surface area contributed by atoms with Crippen LogP contribution >= 0.6 is 22.7 Å². The van der Waals surface area contributed by atoms with Crippen LogP contribution in [0.4, 0.5) is 0 Å². The number of ether oxygens (including phenoxy) is 2. The molecule has 0 amide bonds.